The maximum Gasteiger partial charge on any atom is 0.233 e. The number of hydrogen-bond donors (Lipinski definition) is 2. The number of rotatable bonds is 3. The van der Waals surface area contributed by atoms with Gasteiger partial charge in [0.15, 0.2) is 5.13 Å². The zero-order chi connectivity index (χ0) is 13.8. The Balaban J connectivity index is 2.19. The van der Waals surface area contributed by atoms with Crippen LogP contribution in [-0.2, 0) is 4.79 Å². The molecule has 0 fully saturated rings. The van der Waals surface area contributed by atoms with E-state index >= 15 is 0 Å². The Bertz CT molecular complexity index is 635. The SMILES string of the molecule is CC(=O)Nc1nc(O)c(C=Nc2cccc(C)c2)s1. The number of benzene rings is 1. The minimum atomic E-state index is -0.226. The molecular formula is C13H13N3O2S. The summed E-state index contributed by atoms with van der Waals surface area (Å²) < 4.78 is 0. The summed E-state index contributed by atoms with van der Waals surface area (Å²) in [4.78, 5) is 19.5. The molecule has 0 aliphatic heterocycles. The third-order valence-electron chi connectivity index (χ3n) is 2.25. The van der Waals surface area contributed by atoms with Crippen LogP contribution in [0.15, 0.2) is 29.3 Å². The van der Waals surface area contributed by atoms with E-state index < -0.39 is 0 Å². The zero-order valence-electron chi connectivity index (χ0n) is 10.5. The molecule has 0 atom stereocenters. The van der Waals surface area contributed by atoms with Crippen molar-refractivity contribution < 1.29 is 9.90 Å². The third-order valence-corrected chi connectivity index (χ3v) is 3.14. The van der Waals surface area contributed by atoms with Crippen LogP contribution in [0.4, 0.5) is 10.8 Å². The van der Waals surface area contributed by atoms with E-state index in [1.54, 1.807) is 0 Å². The van der Waals surface area contributed by atoms with Crippen molar-refractivity contribution in [2.45, 2.75) is 13.8 Å². The third kappa shape index (κ3) is 3.62. The molecule has 0 radical (unpaired) electrons. The van der Waals surface area contributed by atoms with Crippen molar-refractivity contribution in [2.75, 3.05) is 5.32 Å². The molecule has 5 nitrogen and oxygen atoms in total. The number of aromatic hydroxyl groups is 1. The molecule has 6 heteroatoms. The Morgan fingerprint density at radius 2 is 2.32 bits per heavy atom. The van der Waals surface area contributed by atoms with Gasteiger partial charge in [-0.05, 0) is 24.6 Å². The van der Waals surface area contributed by atoms with Crippen LogP contribution in [0, 0.1) is 6.92 Å². The van der Waals surface area contributed by atoms with Crippen molar-refractivity contribution in [1.29, 1.82) is 0 Å². The number of carbonyl (C=O) groups is 1. The standard InChI is InChI=1S/C13H13N3O2S/c1-8-4-3-5-10(6-8)14-7-11-12(18)16-13(19-11)15-9(2)17/h3-7,18H,1-2H3,(H,15,16,17). The van der Waals surface area contributed by atoms with E-state index in [0.717, 1.165) is 11.3 Å². The molecule has 2 aromatic rings. The van der Waals surface area contributed by atoms with Crippen molar-refractivity contribution in [1.82, 2.24) is 4.98 Å². The largest absolute Gasteiger partial charge is 0.492 e. The van der Waals surface area contributed by atoms with E-state index in [4.69, 9.17) is 0 Å². The monoisotopic (exact) mass is 275 g/mol. The average Bonchev–Trinajstić information content (AvgIpc) is 2.66. The Kier molecular flexibility index (Phi) is 3.91. The smallest absolute Gasteiger partial charge is 0.233 e. The quantitative estimate of drug-likeness (QED) is 0.846. The molecule has 1 aromatic heterocycles. The normalized spacial score (nSPS) is 10.8. The highest BCUT2D eigenvalue weighted by molar-refractivity contribution is 7.17. The van der Waals surface area contributed by atoms with Crippen molar-refractivity contribution in [3.63, 3.8) is 0 Å². The van der Waals surface area contributed by atoms with Gasteiger partial charge in [-0.1, -0.05) is 23.5 Å². The van der Waals surface area contributed by atoms with E-state index in [1.807, 2.05) is 31.2 Å². The molecule has 0 aliphatic carbocycles. The highest BCUT2D eigenvalue weighted by Crippen LogP contribution is 2.27. The first-order chi connectivity index (χ1) is 9.04. The molecule has 1 amide bonds. The number of aromatic nitrogens is 1. The summed E-state index contributed by atoms with van der Waals surface area (Å²) in [5.41, 5.74) is 1.91. The lowest BCUT2D eigenvalue weighted by Crippen LogP contribution is -2.04. The maximum atomic E-state index is 10.9. The molecule has 0 unspecified atom stereocenters. The van der Waals surface area contributed by atoms with Crippen LogP contribution in [0.25, 0.3) is 0 Å². The Hall–Kier alpha value is -2.21. The molecule has 98 valence electrons. The summed E-state index contributed by atoms with van der Waals surface area (Å²) in [5, 5.41) is 12.5. The number of thiazole rings is 1. The second kappa shape index (κ2) is 5.62. The van der Waals surface area contributed by atoms with Gasteiger partial charge in [0.1, 0.15) is 4.88 Å². The van der Waals surface area contributed by atoms with Gasteiger partial charge in [0, 0.05) is 6.92 Å². The fraction of sp³-hybridized carbons (Fsp3) is 0.154. The van der Waals surface area contributed by atoms with Gasteiger partial charge in [-0.15, -0.1) is 0 Å². The van der Waals surface area contributed by atoms with Gasteiger partial charge in [-0.2, -0.15) is 4.98 Å². The van der Waals surface area contributed by atoms with Crippen LogP contribution in [0.5, 0.6) is 5.88 Å². The molecule has 0 saturated heterocycles. The topological polar surface area (TPSA) is 74.6 Å². The lowest BCUT2D eigenvalue weighted by Gasteiger charge is -1.94. The van der Waals surface area contributed by atoms with Crippen LogP contribution in [0.1, 0.15) is 17.4 Å². The van der Waals surface area contributed by atoms with Crippen molar-refractivity contribution in [3.05, 3.63) is 34.7 Å². The van der Waals surface area contributed by atoms with Crippen molar-refractivity contribution >= 4 is 34.3 Å². The molecule has 1 heterocycles. The van der Waals surface area contributed by atoms with Crippen LogP contribution in [-0.4, -0.2) is 22.2 Å². The lowest BCUT2D eigenvalue weighted by atomic mass is 10.2. The van der Waals surface area contributed by atoms with Gasteiger partial charge in [-0.25, -0.2) is 0 Å². The van der Waals surface area contributed by atoms with Gasteiger partial charge in [0.2, 0.25) is 11.8 Å². The molecule has 0 spiro atoms. The molecule has 2 N–H and O–H groups in total. The average molecular weight is 275 g/mol. The molecule has 2 rings (SSSR count). The van der Waals surface area contributed by atoms with E-state index in [0.29, 0.717) is 10.0 Å². The zero-order valence-corrected chi connectivity index (χ0v) is 11.4. The van der Waals surface area contributed by atoms with Crippen LogP contribution >= 0.6 is 11.3 Å². The van der Waals surface area contributed by atoms with Crippen molar-refractivity contribution in [3.8, 4) is 5.88 Å². The number of anilines is 1. The number of carbonyl (C=O) groups excluding carboxylic acids is 1. The van der Waals surface area contributed by atoms with Gasteiger partial charge in [-0.3, -0.25) is 9.79 Å². The van der Waals surface area contributed by atoms with Crippen LogP contribution in [0.2, 0.25) is 0 Å². The fourth-order valence-corrected chi connectivity index (χ4v) is 2.23. The predicted molar refractivity (Wildman–Crippen MR) is 76.5 cm³/mol. The number of nitrogens with one attached hydrogen (secondary N) is 1. The van der Waals surface area contributed by atoms with E-state index in [-0.39, 0.29) is 11.8 Å². The summed E-state index contributed by atoms with van der Waals surface area (Å²) in [5.74, 6) is -0.360. The highest BCUT2D eigenvalue weighted by atomic mass is 32.1. The van der Waals surface area contributed by atoms with E-state index in [1.165, 1.54) is 24.5 Å². The molecule has 0 aliphatic rings. The van der Waals surface area contributed by atoms with Crippen LogP contribution in [0.3, 0.4) is 0 Å². The van der Waals surface area contributed by atoms with Gasteiger partial charge < -0.3 is 10.4 Å². The first kappa shape index (κ1) is 13.2. The Labute approximate surface area is 114 Å². The Morgan fingerprint density at radius 3 is 3.00 bits per heavy atom. The predicted octanol–water partition coefficient (Wildman–Crippen LogP) is 2.87. The number of nitrogens with zero attached hydrogens (tertiary/aromatic N) is 2. The number of amides is 1. The summed E-state index contributed by atoms with van der Waals surface area (Å²) in [6, 6.07) is 7.70. The number of aliphatic imine (C=N–C) groups is 1. The van der Waals surface area contributed by atoms with E-state index in [2.05, 4.69) is 15.3 Å². The van der Waals surface area contributed by atoms with Crippen LogP contribution < -0.4 is 5.32 Å². The molecule has 1 aromatic carbocycles. The van der Waals surface area contributed by atoms with Gasteiger partial charge in [0.25, 0.3) is 0 Å². The first-order valence-electron chi connectivity index (χ1n) is 5.63. The summed E-state index contributed by atoms with van der Waals surface area (Å²) in [6.45, 7) is 3.37. The van der Waals surface area contributed by atoms with Gasteiger partial charge in [0.05, 0.1) is 11.9 Å². The highest BCUT2D eigenvalue weighted by Gasteiger charge is 2.08. The van der Waals surface area contributed by atoms with Gasteiger partial charge >= 0.3 is 0 Å². The number of hydrogen-bond acceptors (Lipinski definition) is 5. The summed E-state index contributed by atoms with van der Waals surface area (Å²) >= 11 is 1.17. The number of aryl methyl sites for hydroxylation is 1. The fourth-order valence-electron chi connectivity index (χ4n) is 1.45. The Morgan fingerprint density at radius 1 is 1.53 bits per heavy atom. The first-order valence-corrected chi connectivity index (χ1v) is 6.44. The molecule has 19 heavy (non-hydrogen) atoms. The van der Waals surface area contributed by atoms with Crippen molar-refractivity contribution in [2.24, 2.45) is 4.99 Å². The lowest BCUT2D eigenvalue weighted by molar-refractivity contribution is -0.114. The second-order valence-corrected chi connectivity index (χ2v) is 5.02. The molecule has 0 saturated carbocycles. The second-order valence-electron chi connectivity index (χ2n) is 3.99. The molecular weight excluding hydrogens is 262 g/mol. The molecule has 0 bridgehead atoms. The summed E-state index contributed by atoms with van der Waals surface area (Å²) in [7, 11) is 0. The minimum Gasteiger partial charge on any atom is -0.492 e. The van der Waals surface area contributed by atoms with E-state index in [9.17, 15) is 9.90 Å². The maximum absolute atomic E-state index is 10.9. The summed E-state index contributed by atoms with van der Waals surface area (Å²) in [6.07, 6.45) is 1.53. The minimum absolute atomic E-state index is 0.134.